The van der Waals surface area contributed by atoms with E-state index in [1.165, 1.54) is 6.20 Å². The van der Waals surface area contributed by atoms with E-state index in [1.807, 2.05) is 0 Å². The average Bonchev–Trinajstić information content (AvgIpc) is 1.97. The van der Waals surface area contributed by atoms with E-state index in [2.05, 4.69) is 15.3 Å². The molecule has 0 atom stereocenters. The predicted octanol–water partition coefficient (Wildman–Crippen LogP) is 0.902. The smallest absolute Gasteiger partial charge is 0.234 e. The Bertz CT molecular complexity index is 280. The minimum absolute atomic E-state index is 0. The van der Waals surface area contributed by atoms with Crippen molar-refractivity contribution in [3.63, 3.8) is 0 Å². The van der Waals surface area contributed by atoms with Crippen LogP contribution in [0.5, 0.6) is 5.88 Å². The molecule has 0 spiro atoms. The molecule has 1 aliphatic heterocycles. The van der Waals surface area contributed by atoms with E-state index < -0.39 is 0 Å². The van der Waals surface area contributed by atoms with Crippen molar-refractivity contribution in [1.29, 1.82) is 0 Å². The number of hydrogen-bond donors (Lipinski definition) is 1. The zero-order valence-corrected chi connectivity index (χ0v) is 8.31. The van der Waals surface area contributed by atoms with Crippen LogP contribution in [0.25, 0.3) is 0 Å². The number of nitrogens with one attached hydrogen (secondary N) is 1. The van der Waals surface area contributed by atoms with Gasteiger partial charge in [0, 0.05) is 13.1 Å². The molecular formula is C7H9Cl2N3O. The molecule has 0 aliphatic carbocycles. The summed E-state index contributed by atoms with van der Waals surface area (Å²) in [5.41, 5.74) is 0. The standard InChI is InChI=1S/C7H8ClN3O.ClH/c8-6-3-10-4-7(11-6)12-5-1-9-2-5;/h3-5,9H,1-2H2;1H. The summed E-state index contributed by atoms with van der Waals surface area (Å²) in [7, 11) is 0. The summed E-state index contributed by atoms with van der Waals surface area (Å²) in [5, 5.41) is 3.45. The van der Waals surface area contributed by atoms with Gasteiger partial charge in [0.25, 0.3) is 0 Å². The second-order valence-electron chi connectivity index (χ2n) is 2.58. The highest BCUT2D eigenvalue weighted by molar-refractivity contribution is 6.29. The van der Waals surface area contributed by atoms with Gasteiger partial charge in [0.2, 0.25) is 5.88 Å². The van der Waals surface area contributed by atoms with Crippen molar-refractivity contribution in [2.75, 3.05) is 13.1 Å². The normalized spacial score (nSPS) is 15.8. The predicted molar refractivity (Wildman–Crippen MR) is 51.6 cm³/mol. The Labute approximate surface area is 87.1 Å². The van der Waals surface area contributed by atoms with Crippen molar-refractivity contribution >= 4 is 24.0 Å². The summed E-state index contributed by atoms with van der Waals surface area (Å²) in [6.45, 7) is 1.74. The van der Waals surface area contributed by atoms with Crippen LogP contribution in [-0.2, 0) is 0 Å². The first-order valence-corrected chi connectivity index (χ1v) is 4.07. The number of ether oxygens (including phenoxy) is 1. The molecule has 1 aliphatic rings. The topological polar surface area (TPSA) is 47.0 Å². The van der Waals surface area contributed by atoms with E-state index in [4.69, 9.17) is 16.3 Å². The monoisotopic (exact) mass is 221 g/mol. The third-order valence-corrected chi connectivity index (χ3v) is 1.80. The highest BCUT2D eigenvalue weighted by Gasteiger charge is 2.18. The number of aromatic nitrogens is 2. The zero-order valence-electron chi connectivity index (χ0n) is 6.74. The number of nitrogens with zero attached hydrogens (tertiary/aromatic N) is 2. The van der Waals surface area contributed by atoms with Gasteiger partial charge in [-0.3, -0.25) is 4.98 Å². The van der Waals surface area contributed by atoms with Crippen LogP contribution in [-0.4, -0.2) is 29.2 Å². The summed E-state index contributed by atoms with van der Waals surface area (Å²) in [4.78, 5) is 7.80. The van der Waals surface area contributed by atoms with Gasteiger partial charge in [-0.2, -0.15) is 4.98 Å². The van der Waals surface area contributed by atoms with Crippen molar-refractivity contribution in [3.8, 4) is 5.88 Å². The Morgan fingerprint density at radius 1 is 1.46 bits per heavy atom. The second kappa shape index (κ2) is 4.60. The number of halogens is 2. The van der Waals surface area contributed by atoms with E-state index in [9.17, 15) is 0 Å². The molecule has 2 rings (SSSR count). The van der Waals surface area contributed by atoms with Crippen LogP contribution in [0.4, 0.5) is 0 Å². The Morgan fingerprint density at radius 2 is 2.23 bits per heavy atom. The quantitative estimate of drug-likeness (QED) is 0.807. The molecule has 0 aromatic carbocycles. The van der Waals surface area contributed by atoms with Crippen LogP contribution >= 0.6 is 24.0 Å². The Balaban J connectivity index is 0.000000845. The van der Waals surface area contributed by atoms with Gasteiger partial charge in [-0.15, -0.1) is 12.4 Å². The van der Waals surface area contributed by atoms with Crippen LogP contribution in [0, 0.1) is 0 Å². The fraction of sp³-hybridized carbons (Fsp3) is 0.429. The first-order chi connectivity index (χ1) is 5.84. The third-order valence-electron chi connectivity index (χ3n) is 1.61. The van der Waals surface area contributed by atoms with Gasteiger partial charge in [0.15, 0.2) is 5.15 Å². The molecule has 13 heavy (non-hydrogen) atoms. The zero-order chi connectivity index (χ0) is 8.39. The second-order valence-corrected chi connectivity index (χ2v) is 2.97. The highest BCUT2D eigenvalue weighted by atomic mass is 35.5. The molecule has 1 N–H and O–H groups in total. The minimum Gasteiger partial charge on any atom is -0.471 e. The maximum absolute atomic E-state index is 5.62. The molecular weight excluding hydrogens is 213 g/mol. The van der Waals surface area contributed by atoms with E-state index in [0.29, 0.717) is 11.0 Å². The van der Waals surface area contributed by atoms with E-state index in [-0.39, 0.29) is 18.5 Å². The average molecular weight is 222 g/mol. The van der Waals surface area contributed by atoms with Gasteiger partial charge in [-0.05, 0) is 0 Å². The van der Waals surface area contributed by atoms with Crippen molar-refractivity contribution in [1.82, 2.24) is 15.3 Å². The summed E-state index contributed by atoms with van der Waals surface area (Å²) in [5.74, 6) is 0.494. The number of hydrogen-bond acceptors (Lipinski definition) is 4. The molecule has 1 aromatic heterocycles. The molecule has 0 bridgehead atoms. The summed E-state index contributed by atoms with van der Waals surface area (Å²) < 4.78 is 5.41. The molecule has 2 heterocycles. The maximum atomic E-state index is 5.62. The summed E-state index contributed by atoms with van der Waals surface area (Å²) >= 11 is 5.62. The Morgan fingerprint density at radius 3 is 2.77 bits per heavy atom. The molecule has 0 unspecified atom stereocenters. The van der Waals surface area contributed by atoms with Crippen molar-refractivity contribution in [2.24, 2.45) is 0 Å². The lowest BCUT2D eigenvalue weighted by Crippen LogP contribution is -2.50. The van der Waals surface area contributed by atoms with Crippen LogP contribution in [0.2, 0.25) is 5.15 Å². The van der Waals surface area contributed by atoms with Crippen LogP contribution in [0.15, 0.2) is 12.4 Å². The molecule has 0 amide bonds. The highest BCUT2D eigenvalue weighted by Crippen LogP contribution is 2.11. The van der Waals surface area contributed by atoms with E-state index >= 15 is 0 Å². The van der Waals surface area contributed by atoms with Crippen molar-refractivity contribution in [3.05, 3.63) is 17.5 Å². The lowest BCUT2D eigenvalue weighted by atomic mass is 10.2. The molecule has 4 nitrogen and oxygen atoms in total. The fourth-order valence-electron chi connectivity index (χ4n) is 0.899. The fourth-order valence-corrected chi connectivity index (χ4v) is 1.04. The van der Waals surface area contributed by atoms with Crippen LogP contribution in [0.3, 0.4) is 0 Å². The lowest BCUT2D eigenvalue weighted by Gasteiger charge is -2.26. The van der Waals surface area contributed by atoms with Crippen LogP contribution < -0.4 is 10.1 Å². The van der Waals surface area contributed by atoms with Gasteiger partial charge in [-0.1, -0.05) is 11.6 Å². The van der Waals surface area contributed by atoms with Crippen molar-refractivity contribution in [2.45, 2.75) is 6.10 Å². The minimum atomic E-state index is 0. The maximum Gasteiger partial charge on any atom is 0.234 e. The number of rotatable bonds is 2. The first-order valence-electron chi connectivity index (χ1n) is 3.69. The van der Waals surface area contributed by atoms with Gasteiger partial charge < -0.3 is 10.1 Å². The van der Waals surface area contributed by atoms with E-state index in [0.717, 1.165) is 13.1 Å². The Kier molecular flexibility index (Phi) is 3.71. The molecule has 1 fully saturated rings. The lowest BCUT2D eigenvalue weighted by molar-refractivity contribution is 0.135. The summed E-state index contributed by atoms with van der Waals surface area (Å²) in [6, 6.07) is 0. The SMILES string of the molecule is Cl.Clc1cncc(OC2CNC2)n1. The van der Waals surface area contributed by atoms with Crippen molar-refractivity contribution < 1.29 is 4.74 Å². The molecule has 0 saturated carbocycles. The van der Waals surface area contributed by atoms with Crippen LogP contribution in [0.1, 0.15) is 0 Å². The molecule has 0 radical (unpaired) electrons. The van der Waals surface area contributed by atoms with Gasteiger partial charge in [-0.25, -0.2) is 0 Å². The van der Waals surface area contributed by atoms with Gasteiger partial charge in [0.1, 0.15) is 6.10 Å². The largest absolute Gasteiger partial charge is 0.471 e. The molecule has 72 valence electrons. The third kappa shape index (κ3) is 2.69. The first kappa shape index (κ1) is 10.5. The molecule has 1 aromatic rings. The Hall–Kier alpha value is -0.580. The van der Waals surface area contributed by atoms with E-state index in [1.54, 1.807) is 6.20 Å². The van der Waals surface area contributed by atoms with Gasteiger partial charge in [0.05, 0.1) is 12.4 Å². The summed E-state index contributed by atoms with van der Waals surface area (Å²) in [6.07, 6.45) is 3.26. The van der Waals surface area contributed by atoms with Gasteiger partial charge >= 0.3 is 0 Å². The molecule has 6 heteroatoms. The molecule has 1 saturated heterocycles.